The van der Waals surface area contributed by atoms with E-state index in [4.69, 9.17) is 0 Å². The fraction of sp³-hybridized carbons (Fsp3) is 0.0833. The topological polar surface area (TPSA) is 0 Å². The van der Waals surface area contributed by atoms with Crippen LogP contribution in [0.2, 0.25) is 0 Å². The van der Waals surface area contributed by atoms with E-state index in [0.29, 0.717) is 0 Å². The molecule has 0 aliphatic carbocycles. The van der Waals surface area contributed by atoms with Gasteiger partial charge in [-0.15, -0.1) is 0 Å². The van der Waals surface area contributed by atoms with E-state index in [1.165, 1.54) is 38.1 Å². The second-order valence-corrected chi connectivity index (χ2v) is 8.66. The molecule has 4 aromatic rings. The number of rotatable bonds is 3. The molecule has 1 heteroatoms. The van der Waals surface area contributed by atoms with Gasteiger partial charge in [0, 0.05) is 10.6 Å². The molecule has 0 spiro atoms. The SMILES string of the molecule is Cc1ccc(-c2ccc(-c3ccc(C)cc3)p2-c2ccccc2)cc1. The molecule has 0 N–H and O–H groups in total. The molecular weight excluding hydrogens is 319 g/mol. The Balaban J connectivity index is 1.94. The van der Waals surface area contributed by atoms with E-state index >= 15 is 0 Å². The maximum Gasteiger partial charge on any atom is 0.00622 e. The number of hydrogen-bond acceptors (Lipinski definition) is 0. The molecule has 1 heterocycles. The van der Waals surface area contributed by atoms with Gasteiger partial charge >= 0.3 is 0 Å². The van der Waals surface area contributed by atoms with Gasteiger partial charge in [-0.3, -0.25) is 0 Å². The Hall–Kier alpha value is -2.56. The van der Waals surface area contributed by atoms with Crippen LogP contribution in [0.1, 0.15) is 11.1 Å². The van der Waals surface area contributed by atoms with Crippen molar-refractivity contribution in [3.8, 4) is 27.0 Å². The Morgan fingerprint density at radius 1 is 0.480 bits per heavy atom. The molecule has 25 heavy (non-hydrogen) atoms. The van der Waals surface area contributed by atoms with Gasteiger partial charge in [0.25, 0.3) is 0 Å². The van der Waals surface area contributed by atoms with Gasteiger partial charge in [0.1, 0.15) is 0 Å². The van der Waals surface area contributed by atoms with Gasteiger partial charge < -0.3 is 0 Å². The Morgan fingerprint density at radius 3 is 1.36 bits per heavy atom. The quantitative estimate of drug-likeness (QED) is 0.360. The Morgan fingerprint density at radius 2 is 0.920 bits per heavy atom. The minimum absolute atomic E-state index is 0.517. The van der Waals surface area contributed by atoms with Crippen LogP contribution >= 0.6 is 7.53 Å². The van der Waals surface area contributed by atoms with E-state index in [1.807, 2.05) is 0 Å². The summed E-state index contributed by atoms with van der Waals surface area (Å²) < 4.78 is 0. The molecule has 3 aromatic carbocycles. The normalized spacial score (nSPS) is 10.8. The predicted molar refractivity (Wildman–Crippen MR) is 111 cm³/mol. The van der Waals surface area contributed by atoms with E-state index in [1.54, 1.807) is 0 Å². The van der Waals surface area contributed by atoms with Crippen LogP contribution in [0.5, 0.6) is 0 Å². The summed E-state index contributed by atoms with van der Waals surface area (Å²) in [6.07, 6.45) is 0. The van der Waals surface area contributed by atoms with Crippen LogP contribution in [-0.4, -0.2) is 0 Å². The Bertz CT molecular complexity index is 912. The van der Waals surface area contributed by atoms with E-state index in [9.17, 15) is 0 Å². The minimum atomic E-state index is -0.517. The van der Waals surface area contributed by atoms with Crippen molar-refractivity contribution in [1.82, 2.24) is 0 Å². The van der Waals surface area contributed by atoms with Crippen molar-refractivity contribution >= 4 is 7.53 Å². The summed E-state index contributed by atoms with van der Waals surface area (Å²) in [4.78, 5) is 0. The highest BCUT2D eigenvalue weighted by Crippen LogP contribution is 2.56. The van der Waals surface area contributed by atoms with E-state index in [2.05, 4.69) is 105 Å². The molecule has 0 atom stereocenters. The molecule has 0 saturated heterocycles. The van der Waals surface area contributed by atoms with Crippen LogP contribution < -0.4 is 0 Å². The van der Waals surface area contributed by atoms with Crippen LogP contribution in [0, 0.1) is 13.8 Å². The number of benzene rings is 3. The summed E-state index contributed by atoms with van der Waals surface area (Å²) in [5.74, 6) is 0. The third-order valence-electron chi connectivity index (χ3n) is 4.59. The lowest BCUT2D eigenvalue weighted by molar-refractivity contribution is 1.48. The fourth-order valence-corrected chi connectivity index (χ4v) is 5.74. The van der Waals surface area contributed by atoms with Crippen LogP contribution in [-0.2, 0) is 0 Å². The summed E-state index contributed by atoms with van der Waals surface area (Å²) in [6.45, 7) is 4.28. The average molecular weight is 340 g/mol. The first-order chi connectivity index (χ1) is 12.2. The van der Waals surface area contributed by atoms with Gasteiger partial charge in [-0.1, -0.05) is 97.5 Å². The molecule has 1 aromatic heterocycles. The van der Waals surface area contributed by atoms with Gasteiger partial charge in [0.2, 0.25) is 0 Å². The highest BCUT2D eigenvalue weighted by Gasteiger charge is 2.14. The number of hydrogen-bond donors (Lipinski definition) is 0. The van der Waals surface area contributed by atoms with Gasteiger partial charge in [0.15, 0.2) is 0 Å². The summed E-state index contributed by atoms with van der Waals surface area (Å²) >= 11 is 0. The molecule has 0 fully saturated rings. The largest absolute Gasteiger partial charge is 0.0773 e. The Labute approximate surface area is 150 Å². The monoisotopic (exact) mass is 340 g/mol. The lowest BCUT2D eigenvalue weighted by Crippen LogP contribution is -1.77. The van der Waals surface area contributed by atoms with Crippen molar-refractivity contribution < 1.29 is 0 Å². The first-order valence-corrected chi connectivity index (χ1v) is 9.98. The van der Waals surface area contributed by atoms with Crippen molar-refractivity contribution in [3.63, 3.8) is 0 Å². The lowest BCUT2D eigenvalue weighted by atomic mass is 10.1. The Kier molecular flexibility index (Phi) is 4.30. The van der Waals surface area contributed by atoms with Crippen LogP contribution in [0.3, 0.4) is 0 Å². The van der Waals surface area contributed by atoms with Crippen molar-refractivity contribution in [1.29, 1.82) is 0 Å². The molecule has 0 bridgehead atoms. The lowest BCUT2D eigenvalue weighted by Gasteiger charge is -2.11. The number of aryl methyl sites for hydroxylation is 2. The van der Waals surface area contributed by atoms with Gasteiger partial charge in [0.05, 0.1) is 0 Å². The molecule has 4 rings (SSSR count). The van der Waals surface area contributed by atoms with Crippen molar-refractivity contribution in [2.75, 3.05) is 0 Å². The van der Waals surface area contributed by atoms with Crippen LogP contribution in [0.25, 0.3) is 27.0 Å². The highest BCUT2D eigenvalue weighted by molar-refractivity contribution is 7.63. The first-order valence-electron chi connectivity index (χ1n) is 8.63. The van der Waals surface area contributed by atoms with Crippen molar-refractivity contribution in [2.45, 2.75) is 13.8 Å². The zero-order valence-electron chi connectivity index (χ0n) is 14.6. The molecule has 0 aliphatic rings. The van der Waals surface area contributed by atoms with E-state index in [-0.39, 0.29) is 0 Å². The van der Waals surface area contributed by atoms with Crippen LogP contribution in [0.15, 0.2) is 91.0 Å². The fourth-order valence-electron chi connectivity index (χ4n) is 3.19. The first kappa shape index (κ1) is 15.9. The summed E-state index contributed by atoms with van der Waals surface area (Å²) in [6, 6.07) is 33.4. The summed E-state index contributed by atoms with van der Waals surface area (Å²) in [5.41, 5.74) is 5.27. The minimum Gasteiger partial charge on any atom is -0.0773 e. The third-order valence-corrected chi connectivity index (χ3v) is 7.18. The maximum atomic E-state index is 2.32. The second kappa shape index (κ2) is 6.75. The predicted octanol–water partition coefficient (Wildman–Crippen LogP) is 7.61. The summed E-state index contributed by atoms with van der Waals surface area (Å²) in [5, 5.41) is 4.29. The highest BCUT2D eigenvalue weighted by atomic mass is 31.1. The average Bonchev–Trinajstić information content (AvgIpc) is 3.09. The standard InChI is InChI=1S/C24H21P/c1-18-8-12-20(13-9-18)23-16-17-24(21-14-10-19(2)11-15-21)25(23)22-6-4-3-5-7-22/h3-17H,1-2H3. The molecule has 122 valence electrons. The molecule has 0 amide bonds. The second-order valence-electron chi connectivity index (χ2n) is 6.51. The molecular formula is C24H21P. The molecule has 0 nitrogen and oxygen atoms in total. The molecule has 0 aliphatic heterocycles. The van der Waals surface area contributed by atoms with Gasteiger partial charge in [-0.05, 0) is 42.4 Å². The van der Waals surface area contributed by atoms with Gasteiger partial charge in [-0.2, -0.15) is 0 Å². The van der Waals surface area contributed by atoms with Crippen molar-refractivity contribution in [3.05, 3.63) is 102 Å². The molecule has 0 radical (unpaired) electrons. The third kappa shape index (κ3) is 3.18. The molecule has 0 unspecified atom stereocenters. The van der Waals surface area contributed by atoms with Gasteiger partial charge in [-0.25, -0.2) is 0 Å². The summed E-state index contributed by atoms with van der Waals surface area (Å²) in [7, 11) is -0.517. The zero-order chi connectivity index (χ0) is 17.2. The zero-order valence-corrected chi connectivity index (χ0v) is 15.5. The van der Waals surface area contributed by atoms with Crippen molar-refractivity contribution in [2.24, 2.45) is 0 Å². The smallest absolute Gasteiger partial charge is 0.00622 e. The van der Waals surface area contributed by atoms with E-state index < -0.39 is 7.53 Å². The van der Waals surface area contributed by atoms with Crippen LogP contribution in [0.4, 0.5) is 0 Å². The molecule has 0 saturated carbocycles. The van der Waals surface area contributed by atoms with E-state index in [0.717, 1.165) is 0 Å². The maximum absolute atomic E-state index is 2.32.